The molecule has 0 bridgehead atoms. The van der Waals surface area contributed by atoms with Gasteiger partial charge in [-0.15, -0.1) is 0 Å². The fourth-order valence-corrected chi connectivity index (χ4v) is 4.60. The fourth-order valence-electron chi connectivity index (χ4n) is 4.60. The summed E-state index contributed by atoms with van der Waals surface area (Å²) in [6, 6.07) is 0. The van der Waals surface area contributed by atoms with E-state index in [0.717, 1.165) is 25.9 Å². The molecule has 3 heteroatoms. The highest BCUT2D eigenvalue weighted by Gasteiger charge is 2.27. The fraction of sp³-hybridized carbons (Fsp3) is 0.963. The lowest BCUT2D eigenvalue weighted by atomic mass is 10.0. The van der Waals surface area contributed by atoms with E-state index < -0.39 is 5.72 Å². The van der Waals surface area contributed by atoms with Crippen molar-refractivity contribution < 1.29 is 5.11 Å². The van der Waals surface area contributed by atoms with Crippen LogP contribution in [-0.4, -0.2) is 35.2 Å². The minimum Gasteiger partial charge on any atom is -0.371 e. The van der Waals surface area contributed by atoms with Gasteiger partial charge in [0.2, 0.25) is 0 Å². The van der Waals surface area contributed by atoms with Gasteiger partial charge in [0.1, 0.15) is 5.72 Å². The van der Waals surface area contributed by atoms with E-state index in [1.54, 1.807) is 0 Å². The molecule has 0 fully saturated rings. The lowest BCUT2D eigenvalue weighted by molar-refractivity contribution is -0.0538. The maximum absolute atomic E-state index is 10.5. The van der Waals surface area contributed by atoms with Crippen LogP contribution in [-0.2, 0) is 0 Å². The van der Waals surface area contributed by atoms with Crippen LogP contribution in [0.5, 0.6) is 0 Å². The second-order valence-electron chi connectivity index (χ2n) is 9.90. The third-order valence-corrected chi connectivity index (χ3v) is 6.81. The summed E-state index contributed by atoms with van der Waals surface area (Å²) in [6.07, 6.45) is 30.8. The molecule has 1 aliphatic rings. The quantitative estimate of drug-likeness (QED) is 0.178. The van der Waals surface area contributed by atoms with Crippen LogP contribution in [0.2, 0.25) is 0 Å². The van der Waals surface area contributed by atoms with Crippen molar-refractivity contribution in [1.82, 2.24) is 4.90 Å². The van der Waals surface area contributed by atoms with Crippen LogP contribution in [0, 0.1) is 0 Å². The molecule has 1 rings (SSSR count). The molecular formula is C27H54N2O. The zero-order valence-corrected chi connectivity index (χ0v) is 20.7. The highest BCUT2D eigenvalue weighted by atomic mass is 16.3. The Labute approximate surface area is 189 Å². The van der Waals surface area contributed by atoms with Crippen molar-refractivity contribution >= 4 is 6.34 Å². The first-order chi connectivity index (χ1) is 14.7. The molecule has 0 spiro atoms. The van der Waals surface area contributed by atoms with Crippen LogP contribution in [0.3, 0.4) is 0 Å². The summed E-state index contributed by atoms with van der Waals surface area (Å²) in [6.45, 7) is 5.92. The average molecular weight is 423 g/mol. The highest BCUT2D eigenvalue weighted by molar-refractivity contribution is 5.58. The lowest BCUT2D eigenvalue weighted by Crippen LogP contribution is -2.44. The normalized spacial score (nSPS) is 15.8. The van der Waals surface area contributed by atoms with Gasteiger partial charge in [0.25, 0.3) is 0 Å². The topological polar surface area (TPSA) is 35.8 Å². The van der Waals surface area contributed by atoms with Crippen molar-refractivity contribution in [1.29, 1.82) is 0 Å². The second kappa shape index (κ2) is 19.1. The molecule has 0 amide bonds. The van der Waals surface area contributed by atoms with E-state index in [-0.39, 0.29) is 0 Å². The summed E-state index contributed by atoms with van der Waals surface area (Å²) in [5.74, 6) is 0. The van der Waals surface area contributed by atoms with E-state index in [4.69, 9.17) is 0 Å². The average Bonchev–Trinajstić information content (AvgIpc) is 3.28. The van der Waals surface area contributed by atoms with Crippen LogP contribution in [0.4, 0.5) is 0 Å². The highest BCUT2D eigenvalue weighted by Crippen LogP contribution is 2.21. The van der Waals surface area contributed by atoms with Crippen LogP contribution in [0.25, 0.3) is 0 Å². The Morgan fingerprint density at radius 3 is 1.37 bits per heavy atom. The molecule has 0 aromatic heterocycles. The summed E-state index contributed by atoms with van der Waals surface area (Å²) < 4.78 is 0. The van der Waals surface area contributed by atoms with Crippen molar-refractivity contribution in [2.75, 3.05) is 13.1 Å². The zero-order valence-electron chi connectivity index (χ0n) is 20.7. The zero-order chi connectivity index (χ0) is 21.8. The van der Waals surface area contributed by atoms with Crippen LogP contribution < -0.4 is 0 Å². The predicted molar refractivity (Wildman–Crippen MR) is 133 cm³/mol. The van der Waals surface area contributed by atoms with Gasteiger partial charge >= 0.3 is 0 Å². The number of rotatable bonds is 22. The monoisotopic (exact) mass is 422 g/mol. The lowest BCUT2D eigenvalue weighted by Gasteiger charge is -2.33. The third kappa shape index (κ3) is 15.3. The molecule has 0 aromatic carbocycles. The molecule has 1 unspecified atom stereocenters. The van der Waals surface area contributed by atoms with Gasteiger partial charge in [0, 0.05) is 6.54 Å². The molecule has 0 aromatic rings. The number of aliphatic imine (C=N–C) groups is 1. The molecule has 30 heavy (non-hydrogen) atoms. The molecule has 1 N–H and O–H groups in total. The SMILES string of the molecule is CCCCCCCCCCCCCCCCCCCCCCC(C)(O)N1C=NCC1. The predicted octanol–water partition coefficient (Wildman–Crippen LogP) is 8.25. The Bertz CT molecular complexity index is 394. The Morgan fingerprint density at radius 2 is 1.03 bits per heavy atom. The Kier molecular flexibility index (Phi) is 17.5. The second-order valence-corrected chi connectivity index (χ2v) is 9.90. The van der Waals surface area contributed by atoms with E-state index >= 15 is 0 Å². The van der Waals surface area contributed by atoms with Gasteiger partial charge in [-0.05, 0) is 19.8 Å². The molecule has 0 radical (unpaired) electrons. The molecule has 1 atom stereocenters. The molecular weight excluding hydrogens is 368 g/mol. The summed E-state index contributed by atoms with van der Waals surface area (Å²) in [5.41, 5.74) is -0.700. The number of aliphatic hydroxyl groups is 1. The van der Waals surface area contributed by atoms with E-state index in [1.165, 1.54) is 122 Å². The van der Waals surface area contributed by atoms with Crippen molar-refractivity contribution in [2.45, 2.75) is 154 Å². The van der Waals surface area contributed by atoms with Crippen molar-refractivity contribution in [3.8, 4) is 0 Å². The largest absolute Gasteiger partial charge is 0.371 e. The van der Waals surface area contributed by atoms with Crippen molar-refractivity contribution in [2.24, 2.45) is 4.99 Å². The number of hydrogen-bond acceptors (Lipinski definition) is 3. The number of hydrogen-bond donors (Lipinski definition) is 1. The first-order valence-corrected chi connectivity index (χ1v) is 13.7. The van der Waals surface area contributed by atoms with Gasteiger partial charge in [0.15, 0.2) is 0 Å². The van der Waals surface area contributed by atoms with Crippen molar-refractivity contribution in [3.05, 3.63) is 0 Å². The van der Waals surface area contributed by atoms with E-state index in [1.807, 2.05) is 18.2 Å². The minimum absolute atomic E-state index is 0.700. The molecule has 3 nitrogen and oxygen atoms in total. The summed E-state index contributed by atoms with van der Waals surface area (Å²) in [5, 5.41) is 10.5. The minimum atomic E-state index is -0.700. The Morgan fingerprint density at radius 1 is 0.667 bits per heavy atom. The van der Waals surface area contributed by atoms with E-state index in [9.17, 15) is 5.11 Å². The number of unbranched alkanes of at least 4 members (excludes halogenated alkanes) is 19. The number of nitrogens with zero attached hydrogens (tertiary/aromatic N) is 2. The van der Waals surface area contributed by atoms with Gasteiger partial charge in [-0.2, -0.15) is 0 Å². The Balaban J connectivity index is 1.71. The summed E-state index contributed by atoms with van der Waals surface area (Å²) >= 11 is 0. The molecule has 0 saturated carbocycles. The molecule has 178 valence electrons. The van der Waals surface area contributed by atoms with E-state index in [0.29, 0.717) is 0 Å². The van der Waals surface area contributed by atoms with Crippen LogP contribution >= 0.6 is 0 Å². The van der Waals surface area contributed by atoms with Crippen LogP contribution in [0.15, 0.2) is 4.99 Å². The van der Waals surface area contributed by atoms with Gasteiger partial charge in [0.05, 0.1) is 12.9 Å². The molecule has 0 saturated heterocycles. The summed E-state index contributed by atoms with van der Waals surface area (Å²) in [4.78, 5) is 6.20. The smallest absolute Gasteiger partial charge is 0.135 e. The standard InChI is InChI=1S/C27H54N2O/c1-3-4-5-6-7-8-9-10-11-12-13-14-15-16-17-18-19-20-21-22-23-27(2,30)29-25-24-28-26-29/h26,30H,3-25H2,1-2H3. The van der Waals surface area contributed by atoms with Crippen molar-refractivity contribution in [3.63, 3.8) is 0 Å². The molecule has 1 aliphatic heterocycles. The molecule has 0 aliphatic carbocycles. The Hall–Kier alpha value is -0.570. The first kappa shape index (κ1) is 27.5. The summed E-state index contributed by atoms with van der Waals surface area (Å²) in [7, 11) is 0. The third-order valence-electron chi connectivity index (χ3n) is 6.81. The van der Waals surface area contributed by atoms with Crippen LogP contribution in [0.1, 0.15) is 149 Å². The van der Waals surface area contributed by atoms with Gasteiger partial charge in [-0.25, -0.2) is 0 Å². The maximum atomic E-state index is 10.5. The van der Waals surface area contributed by atoms with Gasteiger partial charge < -0.3 is 10.0 Å². The maximum Gasteiger partial charge on any atom is 0.135 e. The van der Waals surface area contributed by atoms with Gasteiger partial charge in [-0.1, -0.05) is 129 Å². The van der Waals surface area contributed by atoms with Gasteiger partial charge in [-0.3, -0.25) is 4.99 Å². The van der Waals surface area contributed by atoms with E-state index in [2.05, 4.69) is 11.9 Å². The molecule has 1 heterocycles. The first-order valence-electron chi connectivity index (χ1n) is 13.7.